The molecule has 130 valence electrons. The number of methoxy groups -OCH3 is 1. The molecule has 6 heteroatoms. The Bertz CT molecular complexity index is 772. The van der Waals surface area contributed by atoms with Crippen molar-refractivity contribution in [3.8, 4) is 0 Å². The van der Waals surface area contributed by atoms with E-state index in [1.165, 1.54) is 14.0 Å². The van der Waals surface area contributed by atoms with Gasteiger partial charge in [-0.3, -0.25) is 9.59 Å². The van der Waals surface area contributed by atoms with Gasteiger partial charge in [0.1, 0.15) is 0 Å². The summed E-state index contributed by atoms with van der Waals surface area (Å²) in [4.78, 5) is 23.5. The van der Waals surface area contributed by atoms with E-state index in [9.17, 15) is 9.59 Å². The zero-order valence-electron chi connectivity index (χ0n) is 14.4. The highest BCUT2D eigenvalue weighted by atomic mass is 16.5. The lowest BCUT2D eigenvalue weighted by molar-refractivity contribution is -0.131. The molecule has 0 saturated heterocycles. The number of amides is 2. The van der Waals surface area contributed by atoms with Crippen molar-refractivity contribution in [1.29, 1.82) is 0 Å². The lowest BCUT2D eigenvalue weighted by Gasteiger charge is -2.14. The Morgan fingerprint density at radius 2 is 1.76 bits per heavy atom. The van der Waals surface area contributed by atoms with Crippen molar-refractivity contribution >= 4 is 23.2 Å². The molecule has 0 saturated carbocycles. The van der Waals surface area contributed by atoms with E-state index in [2.05, 4.69) is 15.8 Å². The van der Waals surface area contributed by atoms with Crippen LogP contribution in [0.1, 0.15) is 31.1 Å². The Morgan fingerprint density at radius 3 is 2.40 bits per heavy atom. The van der Waals surface area contributed by atoms with Gasteiger partial charge >= 0.3 is 0 Å². The Kier molecular flexibility index (Phi) is 6.42. The number of nitrogens with one attached hydrogen (secondary N) is 2. The molecule has 2 amide bonds. The molecule has 0 heterocycles. The highest BCUT2D eigenvalue weighted by molar-refractivity contribution is 6.01. The van der Waals surface area contributed by atoms with E-state index >= 15 is 0 Å². The molecule has 0 aliphatic rings. The van der Waals surface area contributed by atoms with Crippen molar-refractivity contribution in [3.63, 3.8) is 0 Å². The number of hydrogen-bond acceptors (Lipinski definition) is 4. The quantitative estimate of drug-likeness (QED) is 0.627. The van der Waals surface area contributed by atoms with Gasteiger partial charge in [0, 0.05) is 19.7 Å². The fourth-order valence-electron chi connectivity index (χ4n) is 2.31. The zero-order valence-corrected chi connectivity index (χ0v) is 14.4. The summed E-state index contributed by atoms with van der Waals surface area (Å²) in [6.07, 6.45) is -0.733. The summed E-state index contributed by atoms with van der Waals surface area (Å²) >= 11 is 0. The van der Waals surface area contributed by atoms with Gasteiger partial charge < -0.3 is 10.1 Å². The van der Waals surface area contributed by atoms with Crippen molar-refractivity contribution in [2.24, 2.45) is 5.10 Å². The normalized spacial score (nSPS) is 12.4. The average Bonchev–Trinajstić information content (AvgIpc) is 2.61. The Labute approximate surface area is 146 Å². The summed E-state index contributed by atoms with van der Waals surface area (Å²) in [6.45, 7) is 3.22. The average molecular weight is 339 g/mol. The zero-order chi connectivity index (χ0) is 18.2. The van der Waals surface area contributed by atoms with Crippen molar-refractivity contribution in [2.45, 2.75) is 20.0 Å². The molecule has 0 aliphatic carbocycles. The number of carbonyl (C=O) groups excluding carboxylic acids is 2. The van der Waals surface area contributed by atoms with Crippen molar-refractivity contribution in [2.75, 3.05) is 12.4 Å². The van der Waals surface area contributed by atoms with Crippen LogP contribution in [0.4, 0.5) is 5.69 Å². The number of nitrogens with zero attached hydrogens (tertiary/aromatic N) is 1. The molecule has 6 nitrogen and oxygen atoms in total. The monoisotopic (exact) mass is 339 g/mol. The molecule has 0 bridgehead atoms. The smallest absolute Gasteiger partial charge is 0.273 e. The van der Waals surface area contributed by atoms with E-state index in [-0.39, 0.29) is 11.8 Å². The first-order valence-electron chi connectivity index (χ1n) is 7.81. The topological polar surface area (TPSA) is 79.8 Å². The SMILES string of the molecule is CO[C@H](C(=O)N/N=C(/C)c1cccc(NC(C)=O)c1)c1ccccc1. The highest BCUT2D eigenvalue weighted by Crippen LogP contribution is 2.16. The molecule has 2 aromatic rings. The van der Waals surface area contributed by atoms with Gasteiger partial charge in [0.25, 0.3) is 5.91 Å². The molecule has 1 atom stereocenters. The van der Waals surface area contributed by atoms with E-state index in [1.54, 1.807) is 19.1 Å². The van der Waals surface area contributed by atoms with E-state index in [0.29, 0.717) is 11.4 Å². The molecule has 0 radical (unpaired) electrons. The standard InChI is InChI=1S/C19H21N3O3/c1-13(16-10-7-11-17(12-16)20-14(2)23)21-22-19(24)18(25-3)15-8-5-4-6-9-15/h4-12,18H,1-3H3,(H,20,23)(H,22,24)/b21-13-/t18-/m0/s1. The molecular formula is C19H21N3O3. The maximum absolute atomic E-state index is 12.3. The van der Waals surface area contributed by atoms with Crippen LogP contribution < -0.4 is 10.7 Å². The van der Waals surface area contributed by atoms with Crippen LogP contribution in [-0.2, 0) is 14.3 Å². The third-order valence-electron chi connectivity index (χ3n) is 3.51. The van der Waals surface area contributed by atoms with Gasteiger partial charge in [-0.15, -0.1) is 0 Å². The molecule has 0 aliphatic heterocycles. The van der Waals surface area contributed by atoms with Crippen molar-refractivity contribution < 1.29 is 14.3 Å². The summed E-state index contributed by atoms with van der Waals surface area (Å²) in [5.74, 6) is -0.503. The van der Waals surface area contributed by atoms with Crippen LogP contribution in [0.15, 0.2) is 59.7 Å². The summed E-state index contributed by atoms with van der Waals surface area (Å²) < 4.78 is 5.27. The van der Waals surface area contributed by atoms with E-state index in [4.69, 9.17) is 4.74 Å². The molecule has 0 unspecified atom stereocenters. The third kappa shape index (κ3) is 5.26. The number of benzene rings is 2. The van der Waals surface area contributed by atoms with E-state index in [0.717, 1.165) is 11.1 Å². The van der Waals surface area contributed by atoms with Crippen LogP contribution in [0, 0.1) is 0 Å². The second-order valence-electron chi connectivity index (χ2n) is 5.46. The molecule has 25 heavy (non-hydrogen) atoms. The molecule has 2 aromatic carbocycles. The fraction of sp³-hybridized carbons (Fsp3) is 0.211. The second-order valence-corrected chi connectivity index (χ2v) is 5.46. The minimum atomic E-state index is -0.733. The van der Waals surface area contributed by atoms with Gasteiger partial charge in [0.05, 0.1) is 5.71 Å². The first-order chi connectivity index (χ1) is 12.0. The second kappa shape index (κ2) is 8.75. The molecular weight excluding hydrogens is 318 g/mol. The Balaban J connectivity index is 2.09. The van der Waals surface area contributed by atoms with Gasteiger partial charge in [-0.1, -0.05) is 42.5 Å². The van der Waals surface area contributed by atoms with Crippen LogP contribution >= 0.6 is 0 Å². The van der Waals surface area contributed by atoms with Gasteiger partial charge in [-0.2, -0.15) is 5.10 Å². The number of rotatable bonds is 6. The molecule has 2 rings (SSSR count). The lowest BCUT2D eigenvalue weighted by atomic mass is 10.1. The summed E-state index contributed by atoms with van der Waals surface area (Å²) in [7, 11) is 1.48. The van der Waals surface area contributed by atoms with Crippen LogP contribution in [0.5, 0.6) is 0 Å². The minimum Gasteiger partial charge on any atom is -0.367 e. The summed E-state index contributed by atoms with van der Waals surface area (Å²) in [5, 5.41) is 6.85. The van der Waals surface area contributed by atoms with Crippen LogP contribution in [0.25, 0.3) is 0 Å². The maximum atomic E-state index is 12.3. The third-order valence-corrected chi connectivity index (χ3v) is 3.51. The van der Waals surface area contributed by atoms with Crippen molar-refractivity contribution in [1.82, 2.24) is 5.43 Å². The highest BCUT2D eigenvalue weighted by Gasteiger charge is 2.19. The number of carbonyl (C=O) groups is 2. The Morgan fingerprint density at radius 1 is 1.04 bits per heavy atom. The predicted molar refractivity (Wildman–Crippen MR) is 97.3 cm³/mol. The number of anilines is 1. The first-order valence-corrected chi connectivity index (χ1v) is 7.81. The van der Waals surface area contributed by atoms with Crippen LogP contribution in [0.2, 0.25) is 0 Å². The number of ether oxygens (including phenoxy) is 1. The lowest BCUT2D eigenvalue weighted by Crippen LogP contribution is -2.27. The van der Waals surface area contributed by atoms with Gasteiger partial charge in [-0.25, -0.2) is 5.43 Å². The first kappa shape index (κ1) is 18.4. The molecule has 0 aromatic heterocycles. The van der Waals surface area contributed by atoms with Gasteiger partial charge in [-0.05, 0) is 30.2 Å². The summed E-state index contributed by atoms with van der Waals surface area (Å²) in [6, 6.07) is 16.4. The fourth-order valence-corrected chi connectivity index (χ4v) is 2.31. The predicted octanol–water partition coefficient (Wildman–Crippen LogP) is 2.87. The Hall–Kier alpha value is -2.99. The van der Waals surface area contributed by atoms with Crippen molar-refractivity contribution in [3.05, 3.63) is 65.7 Å². The molecule has 2 N–H and O–H groups in total. The maximum Gasteiger partial charge on any atom is 0.273 e. The summed E-state index contributed by atoms with van der Waals surface area (Å²) in [5.41, 5.74) is 5.36. The number of hydrazone groups is 1. The largest absolute Gasteiger partial charge is 0.367 e. The van der Waals surface area contributed by atoms with E-state index in [1.807, 2.05) is 42.5 Å². The van der Waals surface area contributed by atoms with E-state index < -0.39 is 6.10 Å². The number of hydrogen-bond donors (Lipinski definition) is 2. The van der Waals surface area contributed by atoms with Crippen LogP contribution in [-0.4, -0.2) is 24.6 Å². The molecule has 0 fully saturated rings. The minimum absolute atomic E-state index is 0.147. The van der Waals surface area contributed by atoms with Crippen LogP contribution in [0.3, 0.4) is 0 Å². The van der Waals surface area contributed by atoms with Gasteiger partial charge in [0.2, 0.25) is 5.91 Å². The van der Waals surface area contributed by atoms with Gasteiger partial charge in [0.15, 0.2) is 6.10 Å². The molecule has 0 spiro atoms.